The predicted molar refractivity (Wildman–Crippen MR) is 50.6 cm³/mol. The van der Waals surface area contributed by atoms with Crippen LogP contribution in [0, 0.1) is 0 Å². The normalized spacial score (nSPS) is 9.31. The number of rotatable bonds is 3. The van der Waals surface area contributed by atoms with Gasteiger partial charge in [-0.25, -0.2) is 0 Å². The van der Waals surface area contributed by atoms with Crippen LogP contribution in [-0.4, -0.2) is 11.6 Å². The Labute approximate surface area is 76.9 Å². The number of hydrogen-bond acceptors (Lipinski definition) is 2. The zero-order chi connectivity index (χ0) is 9.84. The predicted octanol–water partition coefficient (Wildman–Crippen LogP) is 2.01. The molecular formula is C11H10O2. The molecule has 0 unspecified atom stereocenters. The molecule has 1 rings (SSSR count). The Morgan fingerprint density at radius 3 is 2.15 bits per heavy atom. The minimum absolute atomic E-state index is 0.0335. The summed E-state index contributed by atoms with van der Waals surface area (Å²) in [6.45, 7) is 4.77. The van der Waals surface area contributed by atoms with Gasteiger partial charge in [0, 0.05) is 5.56 Å². The number of carbonyl (C=O) groups excluding carboxylic acids is 2. The van der Waals surface area contributed by atoms with E-state index in [1.54, 1.807) is 24.3 Å². The molecular weight excluding hydrogens is 164 g/mol. The van der Waals surface area contributed by atoms with Gasteiger partial charge in [-0.05, 0) is 6.92 Å². The van der Waals surface area contributed by atoms with Crippen molar-refractivity contribution in [3.05, 3.63) is 48.0 Å². The van der Waals surface area contributed by atoms with E-state index < -0.39 is 0 Å². The molecule has 66 valence electrons. The lowest BCUT2D eigenvalue weighted by Crippen LogP contribution is -2.08. The summed E-state index contributed by atoms with van der Waals surface area (Å²) in [5.74, 6) is -0.582. The van der Waals surface area contributed by atoms with E-state index in [9.17, 15) is 9.59 Å². The van der Waals surface area contributed by atoms with Crippen molar-refractivity contribution in [2.75, 3.05) is 0 Å². The van der Waals surface area contributed by atoms with Crippen LogP contribution in [0.1, 0.15) is 17.3 Å². The Morgan fingerprint density at radius 2 is 1.69 bits per heavy atom. The summed E-state index contributed by atoms with van der Waals surface area (Å²) in [5, 5.41) is 0. The summed E-state index contributed by atoms with van der Waals surface area (Å²) in [4.78, 5) is 22.3. The molecule has 2 nitrogen and oxygen atoms in total. The fourth-order valence-electron chi connectivity index (χ4n) is 0.924. The molecule has 0 aliphatic carbocycles. The van der Waals surface area contributed by atoms with Gasteiger partial charge in [0.15, 0.2) is 11.6 Å². The van der Waals surface area contributed by atoms with Gasteiger partial charge in [0.2, 0.25) is 0 Å². The number of hydrogen-bond donors (Lipinski definition) is 0. The molecule has 1 aromatic carbocycles. The zero-order valence-electron chi connectivity index (χ0n) is 7.41. The molecule has 0 N–H and O–H groups in total. The standard InChI is InChI=1S/C11H10O2/c1-8(9(2)12)11(13)10-6-4-3-5-7-10/h3-7H,1H2,2H3. The van der Waals surface area contributed by atoms with Crippen molar-refractivity contribution in [2.24, 2.45) is 0 Å². The van der Waals surface area contributed by atoms with E-state index in [1.807, 2.05) is 6.07 Å². The van der Waals surface area contributed by atoms with Gasteiger partial charge in [-0.3, -0.25) is 9.59 Å². The molecule has 0 fully saturated rings. The van der Waals surface area contributed by atoms with Gasteiger partial charge in [-0.1, -0.05) is 36.9 Å². The van der Waals surface area contributed by atoms with Gasteiger partial charge in [0.05, 0.1) is 5.57 Å². The van der Waals surface area contributed by atoms with Crippen LogP contribution in [0.2, 0.25) is 0 Å². The lowest BCUT2D eigenvalue weighted by atomic mass is 10.0. The van der Waals surface area contributed by atoms with Crippen molar-refractivity contribution in [3.63, 3.8) is 0 Å². The summed E-state index contributed by atoms with van der Waals surface area (Å²) < 4.78 is 0. The summed E-state index contributed by atoms with van der Waals surface area (Å²) in [7, 11) is 0. The van der Waals surface area contributed by atoms with E-state index >= 15 is 0 Å². The Kier molecular flexibility index (Phi) is 2.75. The van der Waals surface area contributed by atoms with Crippen LogP contribution in [0.25, 0.3) is 0 Å². The lowest BCUT2D eigenvalue weighted by molar-refractivity contribution is -0.113. The van der Waals surface area contributed by atoms with Gasteiger partial charge in [0.1, 0.15) is 0 Å². The van der Waals surface area contributed by atoms with Crippen molar-refractivity contribution in [3.8, 4) is 0 Å². The Hall–Kier alpha value is -1.70. The van der Waals surface area contributed by atoms with Crippen LogP contribution in [0.5, 0.6) is 0 Å². The lowest BCUT2D eigenvalue weighted by Gasteiger charge is -1.99. The minimum Gasteiger partial charge on any atom is -0.294 e. The molecule has 0 aromatic heterocycles. The molecule has 0 radical (unpaired) electrons. The van der Waals surface area contributed by atoms with E-state index in [-0.39, 0.29) is 17.1 Å². The SMILES string of the molecule is C=C(C(C)=O)C(=O)c1ccccc1. The average Bonchev–Trinajstić information content (AvgIpc) is 2.17. The molecule has 13 heavy (non-hydrogen) atoms. The molecule has 0 saturated carbocycles. The molecule has 0 bridgehead atoms. The number of Topliss-reactive ketones (excluding diaryl/α,β-unsaturated/α-hetero) is 2. The smallest absolute Gasteiger partial charge is 0.195 e. The monoisotopic (exact) mass is 174 g/mol. The highest BCUT2D eigenvalue weighted by molar-refractivity contribution is 6.25. The van der Waals surface area contributed by atoms with Gasteiger partial charge in [-0.2, -0.15) is 0 Å². The van der Waals surface area contributed by atoms with Gasteiger partial charge in [0.25, 0.3) is 0 Å². The molecule has 0 atom stereocenters. The first-order valence-electron chi connectivity index (χ1n) is 3.92. The Morgan fingerprint density at radius 1 is 1.15 bits per heavy atom. The molecule has 0 heterocycles. The maximum absolute atomic E-state index is 11.5. The molecule has 0 saturated heterocycles. The summed E-state index contributed by atoms with van der Waals surface area (Å²) in [5.41, 5.74) is 0.536. The molecule has 0 aliphatic rings. The first-order valence-corrected chi connectivity index (χ1v) is 3.92. The van der Waals surface area contributed by atoms with Crippen molar-refractivity contribution >= 4 is 11.6 Å². The highest BCUT2D eigenvalue weighted by atomic mass is 16.1. The average molecular weight is 174 g/mol. The molecule has 0 aliphatic heterocycles. The second kappa shape index (κ2) is 3.81. The third-order valence-electron chi connectivity index (χ3n) is 1.74. The number of ketones is 2. The topological polar surface area (TPSA) is 34.1 Å². The van der Waals surface area contributed by atoms with Crippen LogP contribution < -0.4 is 0 Å². The molecule has 0 spiro atoms. The van der Waals surface area contributed by atoms with Crippen LogP contribution in [0.4, 0.5) is 0 Å². The van der Waals surface area contributed by atoms with Gasteiger partial charge in [-0.15, -0.1) is 0 Å². The van der Waals surface area contributed by atoms with Crippen molar-refractivity contribution in [2.45, 2.75) is 6.92 Å². The number of carbonyl (C=O) groups is 2. The second-order valence-corrected chi connectivity index (χ2v) is 2.73. The third kappa shape index (κ3) is 2.12. The van der Waals surface area contributed by atoms with Crippen LogP contribution in [-0.2, 0) is 4.79 Å². The largest absolute Gasteiger partial charge is 0.294 e. The summed E-state index contributed by atoms with van der Waals surface area (Å²) in [6.07, 6.45) is 0. The minimum atomic E-state index is -0.298. The van der Waals surface area contributed by atoms with Crippen LogP contribution >= 0.6 is 0 Å². The van der Waals surface area contributed by atoms with E-state index in [4.69, 9.17) is 0 Å². The Balaban J connectivity index is 2.93. The maximum atomic E-state index is 11.5. The first-order chi connectivity index (χ1) is 6.13. The highest BCUT2D eigenvalue weighted by Crippen LogP contribution is 2.06. The van der Waals surface area contributed by atoms with Gasteiger partial charge >= 0.3 is 0 Å². The van der Waals surface area contributed by atoms with Crippen LogP contribution in [0.3, 0.4) is 0 Å². The van der Waals surface area contributed by atoms with Gasteiger partial charge < -0.3 is 0 Å². The van der Waals surface area contributed by atoms with E-state index in [0.717, 1.165) is 0 Å². The fraction of sp³-hybridized carbons (Fsp3) is 0.0909. The summed E-state index contributed by atoms with van der Waals surface area (Å²) in [6, 6.07) is 8.64. The first kappa shape index (κ1) is 9.39. The van der Waals surface area contributed by atoms with E-state index in [1.165, 1.54) is 6.92 Å². The molecule has 0 amide bonds. The van der Waals surface area contributed by atoms with Crippen molar-refractivity contribution < 1.29 is 9.59 Å². The van der Waals surface area contributed by atoms with Crippen molar-refractivity contribution in [1.82, 2.24) is 0 Å². The number of benzene rings is 1. The second-order valence-electron chi connectivity index (χ2n) is 2.73. The van der Waals surface area contributed by atoms with Crippen molar-refractivity contribution in [1.29, 1.82) is 0 Å². The third-order valence-corrected chi connectivity index (χ3v) is 1.74. The molecule has 1 aromatic rings. The fourth-order valence-corrected chi connectivity index (χ4v) is 0.924. The number of allylic oxidation sites excluding steroid dienone is 1. The highest BCUT2D eigenvalue weighted by Gasteiger charge is 2.12. The maximum Gasteiger partial charge on any atom is 0.195 e. The van der Waals surface area contributed by atoms with E-state index in [0.29, 0.717) is 5.56 Å². The van der Waals surface area contributed by atoms with E-state index in [2.05, 4.69) is 6.58 Å². The molecule has 2 heteroatoms. The Bertz CT molecular complexity index is 350. The summed E-state index contributed by atoms with van der Waals surface area (Å²) >= 11 is 0. The van der Waals surface area contributed by atoms with Crippen LogP contribution in [0.15, 0.2) is 42.5 Å². The quantitative estimate of drug-likeness (QED) is 0.304. The zero-order valence-corrected chi connectivity index (χ0v) is 7.41.